The van der Waals surface area contributed by atoms with Crippen LogP contribution in [0.5, 0.6) is 0 Å². The van der Waals surface area contributed by atoms with Crippen molar-refractivity contribution in [3.05, 3.63) is 16.4 Å². The minimum absolute atomic E-state index is 0.0697. The Balaban J connectivity index is 1.89. The molecule has 1 atom stereocenters. The number of aryl methyl sites for hydroxylation is 1. The summed E-state index contributed by atoms with van der Waals surface area (Å²) in [5, 5.41) is 7.11. The summed E-state index contributed by atoms with van der Waals surface area (Å²) >= 11 is 3.35. The van der Waals surface area contributed by atoms with Gasteiger partial charge in [-0.05, 0) is 49.5 Å². The zero-order valence-corrected chi connectivity index (χ0v) is 13.2. The second-order valence-corrected chi connectivity index (χ2v) is 6.28. The van der Waals surface area contributed by atoms with Crippen molar-refractivity contribution >= 4 is 21.8 Å². The van der Waals surface area contributed by atoms with Crippen LogP contribution in [0.25, 0.3) is 0 Å². The van der Waals surface area contributed by atoms with E-state index in [0.717, 1.165) is 23.9 Å². The van der Waals surface area contributed by atoms with Crippen LogP contribution in [0, 0.1) is 0 Å². The zero-order valence-electron chi connectivity index (χ0n) is 11.6. The van der Waals surface area contributed by atoms with E-state index in [2.05, 4.69) is 40.2 Å². The van der Waals surface area contributed by atoms with Gasteiger partial charge in [0.25, 0.3) is 5.91 Å². The Morgan fingerprint density at radius 2 is 2.42 bits per heavy atom. The standard InChI is InChI=1S/C13H20BrN3O2/c1-4-17-8-10(14)11(16-17)12(18)15-7-9-5-6-13(2,3)19-9/h8-9H,4-7H2,1-3H3,(H,15,18). The van der Waals surface area contributed by atoms with Gasteiger partial charge >= 0.3 is 0 Å². The average Bonchev–Trinajstić information content (AvgIpc) is 2.89. The van der Waals surface area contributed by atoms with Crippen LogP contribution in [0.4, 0.5) is 0 Å². The molecule has 0 bridgehead atoms. The molecule has 1 amide bonds. The molecular weight excluding hydrogens is 310 g/mol. The molecule has 1 aromatic heterocycles. The number of nitrogens with zero attached hydrogens (tertiary/aromatic N) is 2. The smallest absolute Gasteiger partial charge is 0.273 e. The molecule has 0 aliphatic carbocycles. The highest BCUT2D eigenvalue weighted by Gasteiger charge is 2.31. The lowest BCUT2D eigenvalue weighted by atomic mass is 10.1. The highest BCUT2D eigenvalue weighted by molar-refractivity contribution is 9.10. The first-order valence-electron chi connectivity index (χ1n) is 6.60. The second-order valence-electron chi connectivity index (χ2n) is 5.43. The number of amides is 1. The predicted molar refractivity (Wildman–Crippen MR) is 76.1 cm³/mol. The summed E-state index contributed by atoms with van der Waals surface area (Å²) in [4.78, 5) is 12.0. The largest absolute Gasteiger partial charge is 0.371 e. The quantitative estimate of drug-likeness (QED) is 0.922. The third-order valence-corrected chi connectivity index (χ3v) is 3.88. The molecule has 0 spiro atoms. The summed E-state index contributed by atoms with van der Waals surface area (Å²) < 4.78 is 8.29. The molecule has 0 radical (unpaired) electrons. The minimum atomic E-state index is -0.160. The van der Waals surface area contributed by atoms with Crippen LogP contribution in [0.15, 0.2) is 10.7 Å². The van der Waals surface area contributed by atoms with Crippen molar-refractivity contribution in [3.8, 4) is 0 Å². The van der Waals surface area contributed by atoms with Crippen molar-refractivity contribution < 1.29 is 9.53 Å². The van der Waals surface area contributed by atoms with E-state index in [1.807, 2.05) is 13.1 Å². The highest BCUT2D eigenvalue weighted by Crippen LogP contribution is 2.28. The maximum absolute atomic E-state index is 12.0. The lowest BCUT2D eigenvalue weighted by Crippen LogP contribution is -2.33. The van der Waals surface area contributed by atoms with Crippen molar-refractivity contribution in [1.29, 1.82) is 0 Å². The van der Waals surface area contributed by atoms with Gasteiger partial charge in [-0.2, -0.15) is 5.10 Å². The van der Waals surface area contributed by atoms with E-state index >= 15 is 0 Å². The number of nitrogens with one attached hydrogen (secondary N) is 1. The van der Waals surface area contributed by atoms with Crippen molar-refractivity contribution in [2.45, 2.75) is 51.9 Å². The Hall–Kier alpha value is -0.880. The van der Waals surface area contributed by atoms with Gasteiger partial charge in [-0.25, -0.2) is 0 Å². The number of rotatable bonds is 4. The van der Waals surface area contributed by atoms with Crippen molar-refractivity contribution in [2.75, 3.05) is 6.54 Å². The normalized spacial score (nSPS) is 21.6. The third-order valence-electron chi connectivity index (χ3n) is 3.30. The van der Waals surface area contributed by atoms with Gasteiger partial charge in [-0.3, -0.25) is 9.48 Å². The molecule has 0 saturated carbocycles. The molecular formula is C13H20BrN3O2. The summed E-state index contributed by atoms with van der Waals surface area (Å²) in [7, 11) is 0. The fraction of sp³-hybridized carbons (Fsp3) is 0.692. The maximum Gasteiger partial charge on any atom is 0.273 e. The molecule has 0 aromatic carbocycles. The average molecular weight is 330 g/mol. The van der Waals surface area contributed by atoms with Gasteiger partial charge in [0.2, 0.25) is 0 Å². The molecule has 1 aliphatic heterocycles. The highest BCUT2D eigenvalue weighted by atomic mass is 79.9. The predicted octanol–water partition coefficient (Wildman–Crippen LogP) is 2.35. The second kappa shape index (κ2) is 5.63. The Labute approximate surface area is 121 Å². The molecule has 2 rings (SSSR count). The van der Waals surface area contributed by atoms with E-state index in [-0.39, 0.29) is 17.6 Å². The van der Waals surface area contributed by atoms with Gasteiger partial charge < -0.3 is 10.1 Å². The molecule has 1 fully saturated rings. The fourth-order valence-corrected chi connectivity index (χ4v) is 2.72. The first-order valence-corrected chi connectivity index (χ1v) is 7.39. The number of halogens is 1. The number of carbonyl (C=O) groups excluding carboxylic acids is 1. The summed E-state index contributed by atoms with van der Waals surface area (Å²) in [6.07, 6.45) is 3.93. The van der Waals surface area contributed by atoms with E-state index in [1.54, 1.807) is 4.68 Å². The molecule has 1 saturated heterocycles. The maximum atomic E-state index is 12.0. The van der Waals surface area contributed by atoms with Crippen LogP contribution >= 0.6 is 15.9 Å². The van der Waals surface area contributed by atoms with Crippen LogP contribution in [0.1, 0.15) is 44.1 Å². The van der Waals surface area contributed by atoms with Crippen molar-refractivity contribution in [2.24, 2.45) is 0 Å². The van der Waals surface area contributed by atoms with Crippen molar-refractivity contribution in [1.82, 2.24) is 15.1 Å². The molecule has 19 heavy (non-hydrogen) atoms. The SMILES string of the molecule is CCn1cc(Br)c(C(=O)NCC2CCC(C)(C)O2)n1. The monoisotopic (exact) mass is 329 g/mol. The molecule has 1 unspecified atom stereocenters. The van der Waals surface area contributed by atoms with Gasteiger partial charge in [0, 0.05) is 19.3 Å². The number of hydrogen-bond acceptors (Lipinski definition) is 3. The zero-order chi connectivity index (χ0) is 14.0. The molecule has 106 valence electrons. The summed E-state index contributed by atoms with van der Waals surface area (Å²) in [6, 6.07) is 0. The minimum Gasteiger partial charge on any atom is -0.371 e. The van der Waals surface area contributed by atoms with E-state index in [1.165, 1.54) is 0 Å². The Bertz CT molecular complexity index is 470. The molecule has 1 N–H and O–H groups in total. The van der Waals surface area contributed by atoms with Crippen molar-refractivity contribution in [3.63, 3.8) is 0 Å². The Kier molecular flexibility index (Phi) is 4.30. The number of hydrogen-bond donors (Lipinski definition) is 1. The molecule has 1 aliphatic rings. The van der Waals surface area contributed by atoms with Gasteiger partial charge in [-0.1, -0.05) is 0 Å². The molecule has 6 heteroatoms. The topological polar surface area (TPSA) is 56.2 Å². The number of aromatic nitrogens is 2. The Morgan fingerprint density at radius 1 is 1.68 bits per heavy atom. The van der Waals surface area contributed by atoms with Crippen LogP contribution in [0.2, 0.25) is 0 Å². The van der Waals surface area contributed by atoms with Gasteiger partial charge in [0.1, 0.15) is 0 Å². The number of carbonyl (C=O) groups is 1. The molecule has 2 heterocycles. The first-order chi connectivity index (χ1) is 8.91. The van der Waals surface area contributed by atoms with Gasteiger partial charge in [0.05, 0.1) is 16.2 Å². The van der Waals surface area contributed by atoms with E-state index < -0.39 is 0 Å². The third kappa shape index (κ3) is 3.57. The van der Waals surface area contributed by atoms with E-state index in [0.29, 0.717) is 12.2 Å². The van der Waals surface area contributed by atoms with Gasteiger partial charge in [0.15, 0.2) is 5.69 Å². The lowest BCUT2D eigenvalue weighted by molar-refractivity contribution is -0.0138. The van der Waals surface area contributed by atoms with E-state index in [4.69, 9.17) is 4.74 Å². The molecule has 1 aromatic rings. The van der Waals surface area contributed by atoms with Crippen LogP contribution < -0.4 is 5.32 Å². The van der Waals surface area contributed by atoms with E-state index in [9.17, 15) is 4.79 Å². The summed E-state index contributed by atoms with van der Waals surface area (Å²) in [5.41, 5.74) is 0.360. The summed E-state index contributed by atoms with van der Waals surface area (Å²) in [5.74, 6) is -0.160. The van der Waals surface area contributed by atoms with Gasteiger partial charge in [-0.15, -0.1) is 0 Å². The lowest BCUT2D eigenvalue weighted by Gasteiger charge is -2.19. The van der Waals surface area contributed by atoms with Crippen LogP contribution in [-0.4, -0.2) is 33.9 Å². The number of ether oxygens (including phenoxy) is 1. The molecule has 5 nitrogen and oxygen atoms in total. The van der Waals surface area contributed by atoms with Crippen LogP contribution in [-0.2, 0) is 11.3 Å². The van der Waals surface area contributed by atoms with Crippen LogP contribution in [0.3, 0.4) is 0 Å². The first kappa shape index (κ1) is 14.5. The fourth-order valence-electron chi connectivity index (χ4n) is 2.22. The summed E-state index contributed by atoms with van der Waals surface area (Å²) in [6.45, 7) is 7.41. The Morgan fingerprint density at radius 3 is 2.95 bits per heavy atom.